The van der Waals surface area contributed by atoms with Gasteiger partial charge in [0.15, 0.2) is 0 Å². The van der Waals surface area contributed by atoms with E-state index in [1.807, 2.05) is 18.4 Å². The molecule has 1 aliphatic rings. The Hall–Kier alpha value is -0.380. The van der Waals surface area contributed by atoms with E-state index >= 15 is 0 Å². The van der Waals surface area contributed by atoms with Gasteiger partial charge in [0.1, 0.15) is 0 Å². The van der Waals surface area contributed by atoms with Gasteiger partial charge < -0.3 is 10.1 Å². The van der Waals surface area contributed by atoms with Gasteiger partial charge in [-0.25, -0.2) is 0 Å². The Balaban J connectivity index is 1.92. The first-order valence-electron chi connectivity index (χ1n) is 6.13. The predicted molar refractivity (Wildman–Crippen MR) is 68.9 cm³/mol. The summed E-state index contributed by atoms with van der Waals surface area (Å²) in [5.41, 5.74) is 0. The summed E-state index contributed by atoms with van der Waals surface area (Å²) >= 11 is 1.83. The molecule has 2 rings (SSSR count). The number of nitrogens with one attached hydrogen (secondary N) is 1. The molecule has 16 heavy (non-hydrogen) atoms. The number of hydrogen-bond acceptors (Lipinski definition) is 3. The first-order valence-corrected chi connectivity index (χ1v) is 7.01. The summed E-state index contributed by atoms with van der Waals surface area (Å²) in [6.45, 7) is 2.24. The zero-order valence-corrected chi connectivity index (χ0v) is 10.9. The lowest BCUT2D eigenvalue weighted by molar-refractivity contribution is 0.0385. The fraction of sp³-hybridized carbons (Fsp3) is 0.692. The summed E-state index contributed by atoms with van der Waals surface area (Å²) in [4.78, 5) is 1.42. The Bertz CT molecular complexity index is 299. The molecule has 0 radical (unpaired) electrons. The maximum Gasteiger partial charge on any atom is 0.0724 e. The molecule has 1 N–H and O–H groups in total. The molecule has 2 unspecified atom stereocenters. The number of hydrogen-bond donors (Lipinski definition) is 1. The van der Waals surface area contributed by atoms with Gasteiger partial charge in [-0.1, -0.05) is 18.9 Å². The van der Waals surface area contributed by atoms with Crippen LogP contribution >= 0.6 is 11.3 Å². The van der Waals surface area contributed by atoms with E-state index in [1.54, 1.807) is 0 Å². The molecule has 2 nitrogen and oxygen atoms in total. The van der Waals surface area contributed by atoms with Gasteiger partial charge in [0, 0.05) is 24.1 Å². The van der Waals surface area contributed by atoms with Crippen molar-refractivity contribution in [2.45, 2.75) is 50.8 Å². The second-order valence-electron chi connectivity index (χ2n) is 4.57. The average Bonchev–Trinajstić information content (AvgIpc) is 2.83. The molecule has 1 fully saturated rings. The zero-order chi connectivity index (χ0) is 11.4. The summed E-state index contributed by atoms with van der Waals surface area (Å²) in [6, 6.07) is 5.29. The Morgan fingerprint density at radius 1 is 1.44 bits per heavy atom. The molecule has 0 amide bonds. The number of methoxy groups -OCH3 is 1. The van der Waals surface area contributed by atoms with Crippen LogP contribution < -0.4 is 5.32 Å². The molecule has 1 aromatic heterocycles. The van der Waals surface area contributed by atoms with Gasteiger partial charge in [-0.15, -0.1) is 11.3 Å². The predicted octanol–water partition coefficient (Wildman–Crippen LogP) is 3.36. The van der Waals surface area contributed by atoms with E-state index in [2.05, 4.69) is 29.8 Å². The van der Waals surface area contributed by atoms with Crippen molar-refractivity contribution in [1.29, 1.82) is 0 Å². The van der Waals surface area contributed by atoms with Crippen LogP contribution in [0.3, 0.4) is 0 Å². The molecule has 1 aliphatic carbocycles. The standard InChI is InChI=1S/C13H21NOS/c1-10(13-8-5-9-16-13)14-11-6-3-4-7-12(11)15-2/h5,8-12,14H,3-4,6-7H2,1-2H3/t10-,11?,12?/m1/s1. The number of ether oxygens (including phenoxy) is 1. The van der Waals surface area contributed by atoms with Gasteiger partial charge in [0.2, 0.25) is 0 Å². The van der Waals surface area contributed by atoms with Gasteiger partial charge in [-0.2, -0.15) is 0 Å². The van der Waals surface area contributed by atoms with Crippen molar-refractivity contribution in [2.75, 3.05) is 7.11 Å². The maximum absolute atomic E-state index is 5.56. The van der Waals surface area contributed by atoms with Gasteiger partial charge in [0.05, 0.1) is 6.10 Å². The van der Waals surface area contributed by atoms with E-state index in [1.165, 1.54) is 30.6 Å². The van der Waals surface area contributed by atoms with E-state index in [0.29, 0.717) is 18.2 Å². The van der Waals surface area contributed by atoms with Gasteiger partial charge in [0.25, 0.3) is 0 Å². The summed E-state index contributed by atoms with van der Waals surface area (Å²) in [7, 11) is 1.83. The SMILES string of the molecule is COC1CCCCC1N[C@H](C)c1cccs1. The lowest BCUT2D eigenvalue weighted by Gasteiger charge is -2.33. The van der Waals surface area contributed by atoms with Crippen LogP contribution in [0.5, 0.6) is 0 Å². The highest BCUT2D eigenvalue weighted by Crippen LogP contribution is 2.25. The summed E-state index contributed by atoms with van der Waals surface area (Å²) < 4.78 is 5.56. The van der Waals surface area contributed by atoms with Crippen molar-refractivity contribution in [3.05, 3.63) is 22.4 Å². The molecular formula is C13H21NOS. The van der Waals surface area contributed by atoms with Crippen LogP contribution in [0.4, 0.5) is 0 Å². The molecule has 1 aromatic rings. The minimum absolute atomic E-state index is 0.399. The highest BCUT2D eigenvalue weighted by Gasteiger charge is 2.26. The van der Waals surface area contributed by atoms with Crippen molar-refractivity contribution >= 4 is 11.3 Å². The first kappa shape index (κ1) is 12.1. The van der Waals surface area contributed by atoms with Gasteiger partial charge in [-0.05, 0) is 31.2 Å². The molecule has 0 aromatic carbocycles. The van der Waals surface area contributed by atoms with E-state index in [0.717, 1.165) is 0 Å². The zero-order valence-electron chi connectivity index (χ0n) is 10.1. The third-order valence-corrected chi connectivity index (χ3v) is 4.49. The lowest BCUT2D eigenvalue weighted by atomic mass is 9.92. The van der Waals surface area contributed by atoms with Crippen LogP contribution in [0.15, 0.2) is 17.5 Å². The molecular weight excluding hydrogens is 218 g/mol. The number of thiophene rings is 1. The third kappa shape index (κ3) is 2.84. The third-order valence-electron chi connectivity index (χ3n) is 3.44. The van der Waals surface area contributed by atoms with E-state index < -0.39 is 0 Å². The normalized spacial score (nSPS) is 27.9. The molecule has 3 heteroatoms. The van der Waals surface area contributed by atoms with E-state index in [-0.39, 0.29) is 0 Å². The van der Waals surface area contributed by atoms with Crippen LogP contribution in [-0.4, -0.2) is 19.3 Å². The van der Waals surface area contributed by atoms with Crippen LogP contribution in [0.1, 0.15) is 43.5 Å². The van der Waals surface area contributed by atoms with Crippen molar-refractivity contribution in [1.82, 2.24) is 5.32 Å². The highest BCUT2D eigenvalue weighted by atomic mass is 32.1. The molecule has 0 bridgehead atoms. The second kappa shape index (κ2) is 5.80. The molecule has 0 aliphatic heterocycles. The highest BCUT2D eigenvalue weighted by molar-refractivity contribution is 7.10. The van der Waals surface area contributed by atoms with Gasteiger partial charge in [-0.3, -0.25) is 0 Å². The minimum atomic E-state index is 0.399. The summed E-state index contributed by atoms with van der Waals surface area (Å²) in [5.74, 6) is 0. The van der Waals surface area contributed by atoms with Crippen molar-refractivity contribution in [3.8, 4) is 0 Å². The molecule has 1 heterocycles. The largest absolute Gasteiger partial charge is 0.380 e. The van der Waals surface area contributed by atoms with Crippen LogP contribution in [0.25, 0.3) is 0 Å². The molecule has 90 valence electrons. The minimum Gasteiger partial charge on any atom is -0.380 e. The fourth-order valence-electron chi connectivity index (χ4n) is 2.51. The average molecular weight is 239 g/mol. The summed E-state index contributed by atoms with van der Waals surface area (Å²) in [6.07, 6.45) is 5.48. The molecule has 0 spiro atoms. The Morgan fingerprint density at radius 3 is 2.94 bits per heavy atom. The maximum atomic E-state index is 5.56. The van der Waals surface area contributed by atoms with Crippen molar-refractivity contribution in [2.24, 2.45) is 0 Å². The fourth-order valence-corrected chi connectivity index (χ4v) is 3.25. The monoisotopic (exact) mass is 239 g/mol. The number of rotatable bonds is 4. The van der Waals surface area contributed by atoms with Crippen LogP contribution in [-0.2, 0) is 4.74 Å². The van der Waals surface area contributed by atoms with Crippen molar-refractivity contribution < 1.29 is 4.74 Å². The first-order chi connectivity index (χ1) is 7.81. The van der Waals surface area contributed by atoms with Crippen LogP contribution in [0.2, 0.25) is 0 Å². The topological polar surface area (TPSA) is 21.3 Å². The quantitative estimate of drug-likeness (QED) is 0.870. The Morgan fingerprint density at radius 2 is 2.25 bits per heavy atom. The summed E-state index contributed by atoms with van der Waals surface area (Å²) in [5, 5.41) is 5.85. The molecule has 1 saturated carbocycles. The van der Waals surface area contributed by atoms with Gasteiger partial charge >= 0.3 is 0 Å². The van der Waals surface area contributed by atoms with Crippen molar-refractivity contribution in [3.63, 3.8) is 0 Å². The second-order valence-corrected chi connectivity index (χ2v) is 5.55. The molecule has 0 saturated heterocycles. The van der Waals surface area contributed by atoms with E-state index in [9.17, 15) is 0 Å². The van der Waals surface area contributed by atoms with Crippen LogP contribution in [0, 0.1) is 0 Å². The lowest BCUT2D eigenvalue weighted by Crippen LogP contribution is -2.43. The Labute approximate surface area is 102 Å². The smallest absolute Gasteiger partial charge is 0.0724 e. The molecule has 3 atom stereocenters. The Kier molecular flexibility index (Phi) is 4.38. The van der Waals surface area contributed by atoms with E-state index in [4.69, 9.17) is 4.74 Å².